The number of amidine groups is 1. The summed E-state index contributed by atoms with van der Waals surface area (Å²) >= 11 is 5.85. The Hall–Kier alpha value is -2.46. The minimum absolute atomic E-state index is 0.0752. The number of urea groups is 1. The Kier molecular flexibility index (Phi) is 3.31. The van der Waals surface area contributed by atoms with Crippen LogP contribution in [0.15, 0.2) is 53.5 Å². The molecule has 2 aromatic carbocycles. The first-order chi connectivity index (χ1) is 10.1. The summed E-state index contributed by atoms with van der Waals surface area (Å²) in [5.41, 5.74) is 2.80. The second-order valence-corrected chi connectivity index (χ2v) is 5.21. The number of rotatable bonds is 2. The molecule has 1 heterocycles. The van der Waals surface area contributed by atoms with Crippen LogP contribution in [0.4, 0.5) is 10.5 Å². The van der Waals surface area contributed by atoms with Crippen molar-refractivity contribution in [3.05, 3.63) is 64.7 Å². The first-order valence-electron chi connectivity index (χ1n) is 6.40. The van der Waals surface area contributed by atoms with Crippen LogP contribution >= 0.6 is 11.6 Å². The van der Waals surface area contributed by atoms with Crippen LogP contribution in [0.2, 0.25) is 5.02 Å². The topological polar surface area (TPSA) is 56.5 Å². The van der Waals surface area contributed by atoms with Gasteiger partial charge in [-0.15, -0.1) is 0 Å². The summed E-state index contributed by atoms with van der Waals surface area (Å²) in [6, 6.07) is 13.9. The zero-order valence-electron chi connectivity index (χ0n) is 11.3. The molecule has 0 atom stereocenters. The van der Waals surface area contributed by atoms with Crippen LogP contribution in [0, 0.1) is 12.3 Å². The van der Waals surface area contributed by atoms with Gasteiger partial charge in [0.1, 0.15) is 5.71 Å². The standard InChI is InChI=1S/C16H12ClN3O/c1-10-2-8-13(9-3-10)20-15(18)14(19-16(20)21)11-4-6-12(17)7-5-11/h2-9,18H,1H3. The lowest BCUT2D eigenvalue weighted by atomic mass is 10.1. The van der Waals surface area contributed by atoms with Crippen LogP contribution in [0.25, 0.3) is 0 Å². The molecule has 0 saturated carbocycles. The van der Waals surface area contributed by atoms with Crippen LogP contribution in [0.3, 0.4) is 0 Å². The van der Waals surface area contributed by atoms with E-state index >= 15 is 0 Å². The number of hydrogen-bond acceptors (Lipinski definition) is 2. The minimum atomic E-state index is -0.450. The average molecular weight is 298 g/mol. The maximum atomic E-state index is 12.1. The van der Waals surface area contributed by atoms with E-state index in [0.29, 0.717) is 22.0 Å². The van der Waals surface area contributed by atoms with Crippen molar-refractivity contribution in [1.29, 1.82) is 5.41 Å². The fourth-order valence-electron chi connectivity index (χ4n) is 2.14. The largest absolute Gasteiger partial charge is 0.354 e. The van der Waals surface area contributed by atoms with Gasteiger partial charge >= 0.3 is 6.03 Å². The second kappa shape index (κ2) is 5.14. The molecule has 1 aliphatic rings. The lowest BCUT2D eigenvalue weighted by Crippen LogP contribution is -2.32. The molecule has 0 saturated heterocycles. The number of nitrogens with zero attached hydrogens (tertiary/aromatic N) is 2. The molecule has 2 aromatic rings. The lowest BCUT2D eigenvalue weighted by molar-refractivity contribution is 0.257. The van der Waals surface area contributed by atoms with E-state index in [1.54, 1.807) is 24.3 Å². The van der Waals surface area contributed by atoms with Gasteiger partial charge in [0.05, 0.1) is 5.69 Å². The fourth-order valence-corrected chi connectivity index (χ4v) is 2.27. The molecule has 5 heteroatoms. The Morgan fingerprint density at radius 3 is 2.29 bits per heavy atom. The molecule has 0 aromatic heterocycles. The molecule has 104 valence electrons. The van der Waals surface area contributed by atoms with E-state index in [2.05, 4.69) is 4.99 Å². The summed E-state index contributed by atoms with van der Waals surface area (Å²) in [6.45, 7) is 1.97. The van der Waals surface area contributed by atoms with Crippen molar-refractivity contribution in [2.75, 3.05) is 4.90 Å². The quantitative estimate of drug-likeness (QED) is 0.893. The third kappa shape index (κ3) is 2.45. The number of carbonyl (C=O) groups excluding carboxylic acids is 1. The number of benzene rings is 2. The molecule has 2 amide bonds. The number of carbonyl (C=O) groups is 1. The molecule has 4 nitrogen and oxygen atoms in total. The summed E-state index contributed by atoms with van der Waals surface area (Å²) in [7, 11) is 0. The molecule has 0 radical (unpaired) electrons. The number of nitrogens with one attached hydrogen (secondary N) is 1. The van der Waals surface area contributed by atoms with Crippen LogP contribution < -0.4 is 4.90 Å². The Morgan fingerprint density at radius 1 is 1.05 bits per heavy atom. The third-order valence-electron chi connectivity index (χ3n) is 3.26. The van der Waals surface area contributed by atoms with Gasteiger partial charge in [0.15, 0.2) is 5.84 Å². The smallest absolute Gasteiger partial charge is 0.282 e. The lowest BCUT2D eigenvalue weighted by Gasteiger charge is -2.15. The fraction of sp³-hybridized carbons (Fsp3) is 0.0625. The number of aryl methyl sites for hydroxylation is 1. The Labute approximate surface area is 127 Å². The molecular weight excluding hydrogens is 286 g/mol. The maximum Gasteiger partial charge on any atom is 0.354 e. The summed E-state index contributed by atoms with van der Waals surface area (Å²) in [5.74, 6) is 0.0752. The maximum absolute atomic E-state index is 12.1. The zero-order chi connectivity index (χ0) is 15.0. The van der Waals surface area contributed by atoms with Crippen molar-refractivity contribution in [3.8, 4) is 0 Å². The van der Waals surface area contributed by atoms with Gasteiger partial charge in [-0.05, 0) is 31.2 Å². The molecule has 0 unspecified atom stereocenters. The van der Waals surface area contributed by atoms with Crippen LogP contribution in [-0.2, 0) is 0 Å². The highest BCUT2D eigenvalue weighted by Gasteiger charge is 2.31. The van der Waals surface area contributed by atoms with Crippen molar-refractivity contribution in [2.24, 2.45) is 4.99 Å². The van der Waals surface area contributed by atoms with Gasteiger partial charge in [0, 0.05) is 10.6 Å². The van der Waals surface area contributed by atoms with Gasteiger partial charge in [0.2, 0.25) is 0 Å². The van der Waals surface area contributed by atoms with E-state index in [9.17, 15) is 4.79 Å². The van der Waals surface area contributed by atoms with Crippen molar-refractivity contribution in [1.82, 2.24) is 0 Å². The van der Waals surface area contributed by atoms with Gasteiger partial charge in [-0.2, -0.15) is 4.99 Å². The number of aliphatic imine (C=N–C) groups is 1. The molecule has 1 aliphatic heterocycles. The highest BCUT2D eigenvalue weighted by molar-refractivity contribution is 6.59. The van der Waals surface area contributed by atoms with Crippen molar-refractivity contribution < 1.29 is 4.79 Å². The second-order valence-electron chi connectivity index (χ2n) is 4.77. The van der Waals surface area contributed by atoms with Gasteiger partial charge in [-0.3, -0.25) is 5.41 Å². The normalized spacial score (nSPS) is 14.6. The van der Waals surface area contributed by atoms with E-state index in [0.717, 1.165) is 5.56 Å². The highest BCUT2D eigenvalue weighted by atomic mass is 35.5. The number of halogens is 1. The molecular formula is C16H12ClN3O. The molecule has 0 aliphatic carbocycles. The number of anilines is 1. The molecule has 1 N–H and O–H groups in total. The van der Waals surface area contributed by atoms with Crippen LogP contribution in [-0.4, -0.2) is 17.6 Å². The molecule has 0 fully saturated rings. The average Bonchev–Trinajstić information content (AvgIpc) is 2.76. The first kappa shape index (κ1) is 13.5. The van der Waals surface area contributed by atoms with E-state index in [-0.39, 0.29) is 5.84 Å². The Morgan fingerprint density at radius 2 is 1.67 bits per heavy atom. The Balaban J connectivity index is 1.95. The van der Waals surface area contributed by atoms with E-state index in [1.807, 2.05) is 31.2 Å². The monoisotopic (exact) mass is 297 g/mol. The van der Waals surface area contributed by atoms with Crippen molar-refractivity contribution in [3.63, 3.8) is 0 Å². The number of hydrogen-bond donors (Lipinski definition) is 1. The zero-order valence-corrected chi connectivity index (χ0v) is 12.1. The summed E-state index contributed by atoms with van der Waals surface area (Å²) in [6.07, 6.45) is 0. The van der Waals surface area contributed by atoms with E-state index in [1.165, 1.54) is 4.90 Å². The predicted octanol–water partition coefficient (Wildman–Crippen LogP) is 4.05. The van der Waals surface area contributed by atoms with E-state index < -0.39 is 6.03 Å². The first-order valence-corrected chi connectivity index (χ1v) is 6.78. The summed E-state index contributed by atoms with van der Waals surface area (Å²) < 4.78 is 0. The van der Waals surface area contributed by atoms with Gasteiger partial charge in [0.25, 0.3) is 0 Å². The third-order valence-corrected chi connectivity index (χ3v) is 3.51. The van der Waals surface area contributed by atoms with Crippen molar-refractivity contribution >= 4 is 34.9 Å². The van der Waals surface area contributed by atoms with E-state index in [4.69, 9.17) is 17.0 Å². The predicted molar refractivity (Wildman–Crippen MR) is 84.8 cm³/mol. The molecule has 0 spiro atoms. The molecule has 3 rings (SSSR count). The van der Waals surface area contributed by atoms with Gasteiger partial charge in [-0.25, -0.2) is 9.69 Å². The summed E-state index contributed by atoms with van der Waals surface area (Å²) in [5, 5.41) is 8.82. The minimum Gasteiger partial charge on any atom is -0.282 e. The SMILES string of the molecule is Cc1ccc(N2C(=N)C(c3ccc(Cl)cc3)=NC2=O)cc1. The number of amides is 2. The highest BCUT2D eigenvalue weighted by Crippen LogP contribution is 2.23. The summed E-state index contributed by atoms with van der Waals surface area (Å²) in [4.78, 5) is 17.4. The van der Waals surface area contributed by atoms with Crippen molar-refractivity contribution in [2.45, 2.75) is 6.92 Å². The van der Waals surface area contributed by atoms with Crippen LogP contribution in [0.1, 0.15) is 11.1 Å². The molecule has 0 bridgehead atoms. The van der Waals surface area contributed by atoms with Gasteiger partial charge < -0.3 is 0 Å². The van der Waals surface area contributed by atoms with Crippen LogP contribution in [0.5, 0.6) is 0 Å². The van der Waals surface area contributed by atoms with Gasteiger partial charge in [-0.1, -0.05) is 41.4 Å². The molecule has 21 heavy (non-hydrogen) atoms. The Bertz CT molecular complexity index is 748.